The Kier molecular flexibility index (Phi) is 4.14. The first-order chi connectivity index (χ1) is 12.1. The summed E-state index contributed by atoms with van der Waals surface area (Å²) < 4.78 is 0. The Hall–Kier alpha value is -2.46. The zero-order valence-corrected chi connectivity index (χ0v) is 14.1. The molecule has 0 radical (unpaired) electrons. The van der Waals surface area contributed by atoms with Crippen LogP contribution in [0.5, 0.6) is 0 Å². The molecular weight excluding hydrogens is 312 g/mol. The van der Waals surface area contributed by atoms with Gasteiger partial charge in [-0.3, -0.25) is 9.59 Å². The average molecular weight is 334 g/mol. The van der Waals surface area contributed by atoms with Gasteiger partial charge in [-0.15, -0.1) is 0 Å². The van der Waals surface area contributed by atoms with Crippen molar-refractivity contribution in [3.05, 3.63) is 59.2 Å². The molecule has 0 saturated heterocycles. The minimum atomic E-state index is -0.379. The van der Waals surface area contributed by atoms with E-state index >= 15 is 0 Å². The Labute approximate surface area is 147 Å². The first-order valence-electron chi connectivity index (χ1n) is 8.92. The van der Waals surface area contributed by atoms with Crippen LogP contribution < -0.4 is 11.1 Å². The normalized spacial score (nSPS) is 19.9. The molecule has 1 fully saturated rings. The molecule has 4 nitrogen and oxygen atoms in total. The molecule has 1 atom stereocenters. The van der Waals surface area contributed by atoms with E-state index in [1.807, 2.05) is 36.4 Å². The smallest absolute Gasteiger partial charge is 0.251 e. The first kappa shape index (κ1) is 16.0. The number of Topliss-reactive ketones (excluding diaryl/α,β-unsaturated/α-hetero) is 1. The minimum absolute atomic E-state index is 0.0236. The molecule has 1 unspecified atom stereocenters. The van der Waals surface area contributed by atoms with Crippen molar-refractivity contribution < 1.29 is 9.59 Å². The van der Waals surface area contributed by atoms with Gasteiger partial charge in [0.1, 0.15) is 0 Å². The van der Waals surface area contributed by atoms with E-state index in [4.69, 9.17) is 5.73 Å². The molecule has 1 saturated carbocycles. The lowest BCUT2D eigenvalue weighted by molar-refractivity contribution is -0.119. The molecule has 4 heteroatoms. The second kappa shape index (κ2) is 6.45. The zero-order chi connectivity index (χ0) is 17.4. The number of amides is 1. The molecule has 0 spiro atoms. The van der Waals surface area contributed by atoms with Gasteiger partial charge in [-0.1, -0.05) is 30.3 Å². The SMILES string of the molecule is NC1CCc2cccc(-c3cccc(C(=O)NC4CC4)c3)c2CC1=O. The lowest BCUT2D eigenvalue weighted by Gasteiger charge is -2.13. The number of hydrogen-bond acceptors (Lipinski definition) is 3. The highest BCUT2D eigenvalue weighted by atomic mass is 16.1. The van der Waals surface area contributed by atoms with Crippen molar-refractivity contribution in [1.29, 1.82) is 0 Å². The summed E-state index contributed by atoms with van der Waals surface area (Å²) in [7, 11) is 0. The Bertz CT molecular complexity index is 840. The number of ketones is 1. The maximum Gasteiger partial charge on any atom is 0.251 e. The quantitative estimate of drug-likeness (QED) is 0.848. The summed E-state index contributed by atoms with van der Waals surface area (Å²) >= 11 is 0. The van der Waals surface area contributed by atoms with Gasteiger partial charge in [-0.2, -0.15) is 0 Å². The number of carbonyl (C=O) groups excluding carboxylic acids is 2. The molecule has 3 N–H and O–H groups in total. The molecule has 0 aromatic heterocycles. The summed E-state index contributed by atoms with van der Waals surface area (Å²) in [6.07, 6.45) is 4.02. The van der Waals surface area contributed by atoms with Crippen molar-refractivity contribution in [2.24, 2.45) is 5.73 Å². The fraction of sp³-hybridized carbons (Fsp3) is 0.333. The van der Waals surface area contributed by atoms with Crippen LogP contribution in [0.1, 0.15) is 40.7 Å². The topological polar surface area (TPSA) is 72.2 Å². The predicted molar refractivity (Wildman–Crippen MR) is 97.4 cm³/mol. The molecule has 0 aliphatic heterocycles. The molecule has 0 heterocycles. The number of fused-ring (bicyclic) bond motifs is 1. The maximum atomic E-state index is 12.3. The summed E-state index contributed by atoms with van der Waals surface area (Å²) in [5, 5.41) is 3.02. The van der Waals surface area contributed by atoms with E-state index < -0.39 is 0 Å². The van der Waals surface area contributed by atoms with Crippen molar-refractivity contribution in [3.63, 3.8) is 0 Å². The van der Waals surface area contributed by atoms with Crippen LogP contribution in [0.2, 0.25) is 0 Å². The van der Waals surface area contributed by atoms with Gasteiger partial charge in [0.2, 0.25) is 0 Å². The largest absolute Gasteiger partial charge is 0.349 e. The highest BCUT2D eigenvalue weighted by Crippen LogP contribution is 2.30. The van der Waals surface area contributed by atoms with E-state index in [1.54, 1.807) is 0 Å². The van der Waals surface area contributed by atoms with E-state index in [0.717, 1.165) is 36.0 Å². The molecule has 2 aromatic rings. The van der Waals surface area contributed by atoms with Gasteiger partial charge in [0.05, 0.1) is 6.04 Å². The van der Waals surface area contributed by atoms with Crippen LogP contribution >= 0.6 is 0 Å². The molecule has 2 aliphatic carbocycles. The molecule has 0 bridgehead atoms. The third-order valence-electron chi connectivity index (χ3n) is 5.11. The van der Waals surface area contributed by atoms with Gasteiger partial charge in [-0.05, 0) is 60.1 Å². The van der Waals surface area contributed by atoms with Crippen molar-refractivity contribution in [3.8, 4) is 11.1 Å². The fourth-order valence-corrected chi connectivity index (χ4v) is 3.45. The van der Waals surface area contributed by atoms with Crippen LogP contribution in [0, 0.1) is 0 Å². The molecule has 128 valence electrons. The third kappa shape index (κ3) is 3.35. The summed E-state index contributed by atoms with van der Waals surface area (Å²) in [5.41, 5.74) is 10.9. The van der Waals surface area contributed by atoms with Crippen molar-refractivity contribution >= 4 is 11.7 Å². The fourth-order valence-electron chi connectivity index (χ4n) is 3.45. The van der Waals surface area contributed by atoms with Crippen molar-refractivity contribution in [2.75, 3.05) is 0 Å². The van der Waals surface area contributed by atoms with Gasteiger partial charge in [0.25, 0.3) is 5.91 Å². The van der Waals surface area contributed by atoms with Gasteiger partial charge >= 0.3 is 0 Å². The average Bonchev–Trinajstić information content (AvgIpc) is 3.45. The number of carbonyl (C=O) groups is 2. The Morgan fingerprint density at radius 3 is 2.68 bits per heavy atom. The molecule has 1 amide bonds. The lowest BCUT2D eigenvalue weighted by Crippen LogP contribution is -2.30. The molecular formula is C21H22N2O2. The number of nitrogens with one attached hydrogen (secondary N) is 1. The zero-order valence-electron chi connectivity index (χ0n) is 14.1. The second-order valence-electron chi connectivity index (χ2n) is 7.06. The van der Waals surface area contributed by atoms with Crippen LogP contribution in [0.15, 0.2) is 42.5 Å². The number of aryl methyl sites for hydroxylation is 1. The number of hydrogen-bond donors (Lipinski definition) is 2. The van der Waals surface area contributed by atoms with Crippen LogP contribution in [-0.2, 0) is 17.6 Å². The maximum absolute atomic E-state index is 12.3. The van der Waals surface area contributed by atoms with Gasteiger partial charge in [0.15, 0.2) is 5.78 Å². The monoisotopic (exact) mass is 334 g/mol. The van der Waals surface area contributed by atoms with E-state index in [0.29, 0.717) is 24.4 Å². The Balaban J connectivity index is 1.70. The van der Waals surface area contributed by atoms with E-state index in [9.17, 15) is 9.59 Å². The van der Waals surface area contributed by atoms with Crippen LogP contribution in [0.3, 0.4) is 0 Å². The standard InChI is InChI=1S/C21H22N2O2/c22-19-10-7-13-3-2-6-17(18(13)12-20(19)24)14-4-1-5-15(11-14)21(25)23-16-8-9-16/h1-6,11,16,19H,7-10,12,22H2,(H,23,25). The summed E-state index contributed by atoms with van der Waals surface area (Å²) in [5.74, 6) is 0.0679. The first-order valence-corrected chi connectivity index (χ1v) is 8.92. The number of nitrogens with two attached hydrogens (primary N) is 1. The minimum Gasteiger partial charge on any atom is -0.349 e. The van der Waals surface area contributed by atoms with E-state index in [2.05, 4.69) is 11.4 Å². The Morgan fingerprint density at radius 1 is 1.08 bits per heavy atom. The molecule has 4 rings (SSSR count). The van der Waals surface area contributed by atoms with Gasteiger partial charge in [-0.25, -0.2) is 0 Å². The Morgan fingerprint density at radius 2 is 1.88 bits per heavy atom. The second-order valence-corrected chi connectivity index (χ2v) is 7.06. The summed E-state index contributed by atoms with van der Waals surface area (Å²) in [4.78, 5) is 24.6. The summed E-state index contributed by atoms with van der Waals surface area (Å²) in [6.45, 7) is 0. The summed E-state index contributed by atoms with van der Waals surface area (Å²) in [6, 6.07) is 13.7. The molecule has 2 aromatic carbocycles. The number of benzene rings is 2. The van der Waals surface area contributed by atoms with E-state index in [1.165, 1.54) is 5.56 Å². The van der Waals surface area contributed by atoms with E-state index in [-0.39, 0.29) is 17.7 Å². The molecule has 25 heavy (non-hydrogen) atoms. The van der Waals surface area contributed by atoms with Crippen LogP contribution in [0.25, 0.3) is 11.1 Å². The third-order valence-corrected chi connectivity index (χ3v) is 5.11. The number of rotatable bonds is 3. The van der Waals surface area contributed by atoms with Crippen LogP contribution in [0.4, 0.5) is 0 Å². The predicted octanol–water partition coefficient (Wildman–Crippen LogP) is 2.63. The van der Waals surface area contributed by atoms with Gasteiger partial charge in [0, 0.05) is 18.0 Å². The van der Waals surface area contributed by atoms with Crippen molar-refractivity contribution in [2.45, 2.75) is 44.2 Å². The highest BCUT2D eigenvalue weighted by molar-refractivity contribution is 5.96. The molecule has 2 aliphatic rings. The van der Waals surface area contributed by atoms with Crippen molar-refractivity contribution in [1.82, 2.24) is 5.32 Å². The highest BCUT2D eigenvalue weighted by Gasteiger charge is 2.25. The van der Waals surface area contributed by atoms with Gasteiger partial charge < -0.3 is 11.1 Å². The lowest BCUT2D eigenvalue weighted by atomic mass is 9.91. The van der Waals surface area contributed by atoms with Crippen LogP contribution in [-0.4, -0.2) is 23.8 Å².